The van der Waals surface area contributed by atoms with Crippen molar-refractivity contribution in [2.45, 2.75) is 39.0 Å². The molecule has 3 aromatic rings. The van der Waals surface area contributed by atoms with Crippen molar-refractivity contribution in [2.75, 3.05) is 11.4 Å². The summed E-state index contributed by atoms with van der Waals surface area (Å²) >= 11 is 0. The zero-order valence-electron chi connectivity index (χ0n) is 17.8. The van der Waals surface area contributed by atoms with Crippen LogP contribution in [0.15, 0.2) is 72.9 Å². The molecule has 2 aromatic carbocycles. The lowest BCUT2D eigenvalue weighted by Crippen LogP contribution is -2.48. The first-order valence-electron chi connectivity index (χ1n) is 10.6. The number of hydrogen-bond donors (Lipinski definition) is 1. The van der Waals surface area contributed by atoms with Gasteiger partial charge in [0, 0.05) is 31.2 Å². The quantitative estimate of drug-likeness (QED) is 0.655. The number of nitrogens with one attached hydrogen (secondary N) is 1. The summed E-state index contributed by atoms with van der Waals surface area (Å²) in [6.45, 7) is 5.65. The third kappa shape index (κ3) is 4.68. The molecule has 5 nitrogen and oxygen atoms in total. The average molecular weight is 419 g/mol. The van der Waals surface area contributed by atoms with Crippen LogP contribution in [0.25, 0.3) is 0 Å². The lowest BCUT2D eigenvalue weighted by atomic mass is 10.1. The van der Waals surface area contributed by atoms with Crippen molar-refractivity contribution >= 4 is 11.8 Å². The Hall–Kier alpha value is -3.41. The smallest absolute Gasteiger partial charge is 0.318 e. The summed E-state index contributed by atoms with van der Waals surface area (Å²) in [6.07, 6.45) is 1.25. The van der Waals surface area contributed by atoms with E-state index in [-0.39, 0.29) is 18.1 Å². The van der Waals surface area contributed by atoms with Crippen molar-refractivity contribution in [2.24, 2.45) is 0 Å². The van der Waals surface area contributed by atoms with Crippen LogP contribution in [0.1, 0.15) is 36.6 Å². The van der Waals surface area contributed by atoms with Gasteiger partial charge < -0.3 is 15.1 Å². The molecule has 2 amide bonds. The number of anilines is 1. The highest BCUT2D eigenvalue weighted by Crippen LogP contribution is 2.35. The number of aromatic nitrogens is 1. The van der Waals surface area contributed by atoms with Gasteiger partial charge in [0.05, 0.1) is 12.2 Å². The molecule has 160 valence electrons. The van der Waals surface area contributed by atoms with E-state index < -0.39 is 5.82 Å². The van der Waals surface area contributed by atoms with Gasteiger partial charge in [0.1, 0.15) is 11.6 Å². The molecule has 1 aliphatic heterocycles. The van der Waals surface area contributed by atoms with Crippen LogP contribution >= 0.6 is 0 Å². The molecule has 0 saturated heterocycles. The number of nitrogens with zero attached hydrogens (tertiary/aromatic N) is 3. The van der Waals surface area contributed by atoms with E-state index in [1.54, 1.807) is 4.90 Å². The van der Waals surface area contributed by atoms with Gasteiger partial charge in [-0.3, -0.25) is 0 Å². The Balaban J connectivity index is 1.61. The molecule has 2 atom stereocenters. The van der Waals surface area contributed by atoms with Crippen LogP contribution in [0, 0.1) is 5.82 Å². The van der Waals surface area contributed by atoms with Gasteiger partial charge in [-0.2, -0.15) is 0 Å². The van der Waals surface area contributed by atoms with E-state index in [1.807, 2.05) is 62.4 Å². The minimum Gasteiger partial charge on any atom is -0.350 e. The van der Waals surface area contributed by atoms with Crippen molar-refractivity contribution < 1.29 is 9.18 Å². The average Bonchev–Trinajstić information content (AvgIpc) is 2.87. The topological polar surface area (TPSA) is 48.5 Å². The summed E-state index contributed by atoms with van der Waals surface area (Å²) in [7, 11) is 0. The van der Waals surface area contributed by atoms with Crippen molar-refractivity contribution in [3.63, 3.8) is 0 Å². The summed E-state index contributed by atoms with van der Waals surface area (Å²) < 4.78 is 14.1. The van der Waals surface area contributed by atoms with Crippen LogP contribution in [0.4, 0.5) is 15.0 Å². The summed E-state index contributed by atoms with van der Waals surface area (Å²) in [6, 6.07) is 20.8. The molecule has 1 aromatic heterocycles. The fourth-order valence-corrected chi connectivity index (χ4v) is 4.23. The number of carbonyl (C=O) groups is 1. The Morgan fingerprint density at radius 1 is 1.06 bits per heavy atom. The number of amides is 2. The Morgan fingerprint density at radius 3 is 2.39 bits per heavy atom. The van der Waals surface area contributed by atoms with E-state index in [4.69, 9.17) is 0 Å². The molecule has 31 heavy (non-hydrogen) atoms. The molecule has 0 saturated carbocycles. The molecular weight excluding hydrogens is 391 g/mol. The van der Waals surface area contributed by atoms with Crippen LogP contribution in [0.3, 0.4) is 0 Å². The molecule has 0 bridgehead atoms. The number of urea groups is 1. The Kier molecular flexibility index (Phi) is 6.16. The van der Waals surface area contributed by atoms with Crippen molar-refractivity contribution in [3.05, 3.63) is 95.4 Å². The highest BCUT2D eigenvalue weighted by molar-refractivity contribution is 5.76. The third-order valence-corrected chi connectivity index (χ3v) is 5.73. The second kappa shape index (κ2) is 9.16. The minimum absolute atomic E-state index is 0.0910. The Labute approximate surface area is 182 Å². The fraction of sp³-hybridized carbons (Fsp3) is 0.280. The summed E-state index contributed by atoms with van der Waals surface area (Å²) in [5.74, 6) is 0.326. The normalized spacial score (nSPS) is 18.3. The SMILES string of the molecule is C[C@@H]1CN(Cc2ccccc2)c2ncc(F)cc2[C@H](C)N1C(=O)NCc1ccccc1. The Morgan fingerprint density at radius 2 is 1.71 bits per heavy atom. The molecule has 0 unspecified atom stereocenters. The summed E-state index contributed by atoms with van der Waals surface area (Å²) in [5, 5.41) is 3.02. The van der Waals surface area contributed by atoms with Gasteiger partial charge in [-0.25, -0.2) is 14.2 Å². The standard InChI is InChI=1S/C25H27FN4O/c1-18-16-29(17-21-11-7-4-8-12-21)24-23(13-22(26)15-27-24)19(2)30(18)25(31)28-14-20-9-5-3-6-10-20/h3-13,15,18-19H,14,16-17H2,1-2H3,(H,28,31)/t18-,19+/m1/s1. The molecule has 1 N–H and O–H groups in total. The largest absolute Gasteiger partial charge is 0.350 e. The van der Waals surface area contributed by atoms with E-state index in [1.165, 1.54) is 12.3 Å². The van der Waals surface area contributed by atoms with Gasteiger partial charge in [-0.1, -0.05) is 60.7 Å². The van der Waals surface area contributed by atoms with Crippen LogP contribution in [0.5, 0.6) is 0 Å². The highest BCUT2D eigenvalue weighted by atomic mass is 19.1. The van der Waals surface area contributed by atoms with Crippen LogP contribution in [-0.4, -0.2) is 28.5 Å². The van der Waals surface area contributed by atoms with Gasteiger partial charge in [0.15, 0.2) is 0 Å². The maximum absolute atomic E-state index is 14.1. The molecule has 0 spiro atoms. The molecule has 0 radical (unpaired) electrons. The van der Waals surface area contributed by atoms with Gasteiger partial charge in [0.25, 0.3) is 0 Å². The first kappa shape index (κ1) is 20.8. The Bertz CT molecular complexity index is 1030. The molecule has 4 rings (SSSR count). The van der Waals surface area contributed by atoms with Crippen LogP contribution in [0.2, 0.25) is 0 Å². The van der Waals surface area contributed by atoms with Crippen molar-refractivity contribution in [1.29, 1.82) is 0 Å². The second-order valence-corrected chi connectivity index (χ2v) is 8.01. The number of carbonyl (C=O) groups excluding carboxylic acids is 1. The predicted octanol–water partition coefficient (Wildman–Crippen LogP) is 4.90. The monoisotopic (exact) mass is 418 g/mol. The van der Waals surface area contributed by atoms with E-state index in [2.05, 4.69) is 27.3 Å². The van der Waals surface area contributed by atoms with E-state index in [0.29, 0.717) is 19.6 Å². The number of benzene rings is 2. The van der Waals surface area contributed by atoms with E-state index in [0.717, 1.165) is 22.5 Å². The summed E-state index contributed by atoms with van der Waals surface area (Å²) in [4.78, 5) is 21.5. The van der Waals surface area contributed by atoms with E-state index in [9.17, 15) is 9.18 Å². The lowest BCUT2D eigenvalue weighted by Gasteiger charge is -2.33. The van der Waals surface area contributed by atoms with Gasteiger partial charge in [-0.15, -0.1) is 0 Å². The van der Waals surface area contributed by atoms with Crippen LogP contribution < -0.4 is 10.2 Å². The third-order valence-electron chi connectivity index (χ3n) is 5.73. The van der Waals surface area contributed by atoms with E-state index >= 15 is 0 Å². The molecule has 0 fully saturated rings. The first-order valence-corrected chi connectivity index (χ1v) is 10.6. The molecular formula is C25H27FN4O. The molecule has 2 heterocycles. The maximum Gasteiger partial charge on any atom is 0.318 e. The molecule has 6 heteroatoms. The van der Waals surface area contributed by atoms with Gasteiger partial charge in [-0.05, 0) is 31.0 Å². The first-order chi connectivity index (χ1) is 15.0. The number of rotatable bonds is 4. The van der Waals surface area contributed by atoms with Crippen molar-refractivity contribution in [1.82, 2.24) is 15.2 Å². The minimum atomic E-state index is -0.399. The van der Waals surface area contributed by atoms with Gasteiger partial charge in [0.2, 0.25) is 0 Å². The zero-order chi connectivity index (χ0) is 21.8. The zero-order valence-corrected chi connectivity index (χ0v) is 17.8. The fourth-order valence-electron chi connectivity index (χ4n) is 4.23. The second-order valence-electron chi connectivity index (χ2n) is 8.01. The van der Waals surface area contributed by atoms with Crippen LogP contribution in [-0.2, 0) is 13.1 Å². The number of halogens is 1. The number of pyridine rings is 1. The highest BCUT2D eigenvalue weighted by Gasteiger charge is 2.34. The number of hydrogen-bond acceptors (Lipinski definition) is 3. The summed E-state index contributed by atoms with van der Waals surface area (Å²) in [5.41, 5.74) is 2.89. The number of fused-ring (bicyclic) bond motifs is 1. The van der Waals surface area contributed by atoms with Crippen molar-refractivity contribution in [3.8, 4) is 0 Å². The van der Waals surface area contributed by atoms with Gasteiger partial charge >= 0.3 is 6.03 Å². The lowest BCUT2D eigenvalue weighted by molar-refractivity contribution is 0.158. The maximum atomic E-state index is 14.1. The molecule has 0 aliphatic carbocycles. The predicted molar refractivity (Wildman–Crippen MR) is 120 cm³/mol. The molecule has 1 aliphatic rings.